The lowest BCUT2D eigenvalue weighted by atomic mass is 9.97. The number of hydrogen-bond donors (Lipinski definition) is 1. The minimum absolute atomic E-state index is 0.349. The molecular formula is C24H25N3O2. The van der Waals surface area contributed by atoms with Crippen molar-refractivity contribution in [1.82, 2.24) is 10.2 Å². The number of fused-ring (bicyclic) bond motifs is 1. The number of benzene rings is 1. The van der Waals surface area contributed by atoms with Gasteiger partial charge in [0.1, 0.15) is 5.57 Å². The first-order valence-corrected chi connectivity index (χ1v) is 10.2. The van der Waals surface area contributed by atoms with E-state index in [1.165, 1.54) is 18.4 Å². The molecule has 29 heavy (non-hydrogen) atoms. The summed E-state index contributed by atoms with van der Waals surface area (Å²) in [5.41, 5.74) is 3.70. The summed E-state index contributed by atoms with van der Waals surface area (Å²) in [6.45, 7) is 1.60. The Bertz CT molecular complexity index is 931. The molecule has 1 aromatic carbocycles. The summed E-state index contributed by atoms with van der Waals surface area (Å²) in [4.78, 5) is 15.0. The lowest BCUT2D eigenvalue weighted by molar-refractivity contribution is -0.139. The van der Waals surface area contributed by atoms with Crippen molar-refractivity contribution in [2.24, 2.45) is 5.92 Å². The summed E-state index contributed by atoms with van der Waals surface area (Å²) < 4.78 is 5.63. The van der Waals surface area contributed by atoms with Gasteiger partial charge in [-0.3, -0.25) is 0 Å². The first kappa shape index (κ1) is 19.1. The van der Waals surface area contributed by atoms with E-state index < -0.39 is 0 Å². The Kier molecular flexibility index (Phi) is 5.81. The molecule has 1 aliphatic carbocycles. The zero-order valence-electron chi connectivity index (χ0n) is 16.4. The molecule has 0 saturated heterocycles. The second kappa shape index (κ2) is 8.83. The van der Waals surface area contributed by atoms with Gasteiger partial charge in [-0.05, 0) is 49.3 Å². The summed E-state index contributed by atoms with van der Waals surface area (Å²) in [6.07, 6.45) is 11.6. The summed E-state index contributed by atoms with van der Waals surface area (Å²) >= 11 is 0. The average molecular weight is 387 g/mol. The van der Waals surface area contributed by atoms with Crippen LogP contribution < -0.4 is 5.32 Å². The first-order valence-electron chi connectivity index (χ1n) is 10.2. The van der Waals surface area contributed by atoms with E-state index in [1.807, 2.05) is 47.5 Å². The molecule has 0 spiro atoms. The lowest BCUT2D eigenvalue weighted by Crippen LogP contribution is -2.35. The molecule has 0 radical (unpaired) electrons. The van der Waals surface area contributed by atoms with Crippen LogP contribution in [-0.4, -0.2) is 30.6 Å². The fraction of sp³-hybridized carbons (Fsp3) is 0.333. The predicted octanol–water partition coefficient (Wildman–Crippen LogP) is 3.59. The molecule has 0 bridgehead atoms. The molecule has 5 nitrogen and oxygen atoms in total. The molecule has 3 aliphatic rings. The number of nitriles is 1. The van der Waals surface area contributed by atoms with Crippen molar-refractivity contribution in [3.05, 3.63) is 82.9 Å². The second-order valence-corrected chi connectivity index (χ2v) is 7.60. The van der Waals surface area contributed by atoms with Gasteiger partial charge >= 0.3 is 5.97 Å². The number of rotatable bonds is 8. The highest BCUT2D eigenvalue weighted by Gasteiger charge is 2.32. The third-order valence-corrected chi connectivity index (χ3v) is 5.37. The summed E-state index contributed by atoms with van der Waals surface area (Å²) in [5.74, 6) is 0.263. The lowest BCUT2D eigenvalue weighted by Gasteiger charge is -2.32. The van der Waals surface area contributed by atoms with Gasteiger partial charge in [-0.15, -0.1) is 0 Å². The second-order valence-electron chi connectivity index (χ2n) is 7.60. The van der Waals surface area contributed by atoms with Crippen LogP contribution in [0.2, 0.25) is 0 Å². The van der Waals surface area contributed by atoms with Gasteiger partial charge < -0.3 is 15.0 Å². The van der Waals surface area contributed by atoms with Gasteiger partial charge in [0.2, 0.25) is 0 Å². The quantitative estimate of drug-likeness (QED) is 0.545. The van der Waals surface area contributed by atoms with Gasteiger partial charge in [-0.25, -0.2) is 4.79 Å². The Morgan fingerprint density at radius 2 is 2.07 bits per heavy atom. The molecule has 148 valence electrons. The topological polar surface area (TPSA) is 65.4 Å². The van der Waals surface area contributed by atoms with E-state index in [2.05, 4.69) is 23.5 Å². The highest BCUT2D eigenvalue weighted by Crippen LogP contribution is 2.32. The number of hydrogen-bond acceptors (Lipinski definition) is 5. The third kappa shape index (κ3) is 4.60. The summed E-state index contributed by atoms with van der Waals surface area (Å²) in [6, 6.07) is 12.5. The van der Waals surface area contributed by atoms with Crippen LogP contribution in [0.3, 0.4) is 0 Å². The maximum atomic E-state index is 13.0. The predicted molar refractivity (Wildman–Crippen MR) is 111 cm³/mol. The van der Waals surface area contributed by atoms with E-state index in [9.17, 15) is 10.1 Å². The number of carbonyl (C=O) groups excluding carboxylic acids is 1. The fourth-order valence-electron chi connectivity index (χ4n) is 3.59. The van der Waals surface area contributed by atoms with Gasteiger partial charge in [0.25, 0.3) is 0 Å². The standard InChI is InChI=1S/C24H25N3O2/c25-15-20-17-27-13-5-4-10-21(27)22(23(20)26-16-19-11-12-19)24(28)29-14-6-9-18-7-2-1-3-8-18/h1-5,7-8,10,13,19,26H,6,9,11-12,14,16-17H2. The number of ether oxygens (including phenoxy) is 1. The molecule has 0 unspecified atom stereocenters. The Hall–Kier alpha value is -3.26. The normalized spacial score (nSPS) is 17.8. The monoisotopic (exact) mass is 387 g/mol. The first-order chi connectivity index (χ1) is 14.3. The minimum Gasteiger partial charge on any atom is -0.462 e. The largest absolute Gasteiger partial charge is 0.462 e. The molecule has 0 aromatic heterocycles. The Labute approximate surface area is 171 Å². The molecule has 4 rings (SSSR count). The van der Waals surface area contributed by atoms with Gasteiger partial charge in [0.15, 0.2) is 0 Å². The molecule has 1 N–H and O–H groups in total. The minimum atomic E-state index is -0.372. The van der Waals surface area contributed by atoms with Crippen LogP contribution in [0, 0.1) is 17.2 Å². The molecule has 1 saturated carbocycles. The molecule has 2 aliphatic heterocycles. The Morgan fingerprint density at radius 1 is 1.24 bits per heavy atom. The van der Waals surface area contributed by atoms with Crippen molar-refractivity contribution in [3.8, 4) is 6.07 Å². The molecule has 2 heterocycles. The van der Waals surface area contributed by atoms with Crippen molar-refractivity contribution in [2.75, 3.05) is 19.7 Å². The van der Waals surface area contributed by atoms with Gasteiger partial charge in [0, 0.05) is 12.7 Å². The highest BCUT2D eigenvalue weighted by atomic mass is 16.5. The zero-order valence-corrected chi connectivity index (χ0v) is 16.4. The van der Waals surface area contributed by atoms with Crippen LogP contribution in [0.5, 0.6) is 0 Å². The SMILES string of the molecule is N#CC1=C(NCC2CC2)C(C(=O)OCCCc2ccccc2)=C2C=CC=CN2C1. The number of nitrogens with one attached hydrogen (secondary N) is 1. The molecule has 5 heteroatoms. The number of allylic oxidation sites excluding steroid dienone is 3. The van der Waals surface area contributed by atoms with Crippen molar-refractivity contribution < 1.29 is 9.53 Å². The number of aryl methyl sites for hydroxylation is 1. The number of carbonyl (C=O) groups is 1. The number of nitrogens with zero attached hydrogens (tertiary/aromatic N) is 2. The molecule has 1 fully saturated rings. The Balaban J connectivity index is 1.48. The van der Waals surface area contributed by atoms with Crippen LogP contribution >= 0.6 is 0 Å². The average Bonchev–Trinajstić information content (AvgIpc) is 3.59. The van der Waals surface area contributed by atoms with Crippen LogP contribution in [0.1, 0.15) is 24.8 Å². The molecule has 1 aromatic rings. The smallest absolute Gasteiger partial charge is 0.342 e. The van der Waals surface area contributed by atoms with E-state index in [4.69, 9.17) is 4.74 Å². The van der Waals surface area contributed by atoms with E-state index in [1.54, 1.807) is 0 Å². The van der Waals surface area contributed by atoms with Gasteiger partial charge in [0.05, 0.1) is 36.2 Å². The van der Waals surface area contributed by atoms with Crippen molar-refractivity contribution >= 4 is 5.97 Å². The third-order valence-electron chi connectivity index (χ3n) is 5.37. The van der Waals surface area contributed by atoms with E-state index in [0.29, 0.717) is 35.9 Å². The van der Waals surface area contributed by atoms with E-state index in [0.717, 1.165) is 25.1 Å². The van der Waals surface area contributed by atoms with Gasteiger partial charge in [-0.1, -0.05) is 36.4 Å². The van der Waals surface area contributed by atoms with Crippen molar-refractivity contribution in [2.45, 2.75) is 25.7 Å². The van der Waals surface area contributed by atoms with E-state index in [-0.39, 0.29) is 5.97 Å². The molecule has 0 amide bonds. The Morgan fingerprint density at radius 3 is 2.83 bits per heavy atom. The molecular weight excluding hydrogens is 362 g/mol. The van der Waals surface area contributed by atoms with E-state index >= 15 is 0 Å². The molecule has 0 atom stereocenters. The van der Waals surface area contributed by atoms with Crippen molar-refractivity contribution in [1.29, 1.82) is 5.26 Å². The highest BCUT2D eigenvalue weighted by molar-refractivity contribution is 5.95. The van der Waals surface area contributed by atoms with Gasteiger partial charge in [-0.2, -0.15) is 5.26 Å². The summed E-state index contributed by atoms with van der Waals surface area (Å²) in [5, 5.41) is 13.1. The fourth-order valence-corrected chi connectivity index (χ4v) is 3.59. The van der Waals surface area contributed by atoms with Crippen LogP contribution in [-0.2, 0) is 16.0 Å². The van der Waals surface area contributed by atoms with Crippen LogP contribution in [0.25, 0.3) is 0 Å². The zero-order chi connectivity index (χ0) is 20.1. The number of esters is 1. The maximum absolute atomic E-state index is 13.0. The van der Waals surface area contributed by atoms with Crippen LogP contribution in [0.15, 0.2) is 77.3 Å². The maximum Gasteiger partial charge on any atom is 0.342 e. The van der Waals surface area contributed by atoms with Crippen molar-refractivity contribution in [3.63, 3.8) is 0 Å². The summed E-state index contributed by atoms with van der Waals surface area (Å²) in [7, 11) is 0. The van der Waals surface area contributed by atoms with Crippen LogP contribution in [0.4, 0.5) is 0 Å².